The third kappa shape index (κ3) is 2.86. The van der Waals surface area contributed by atoms with Crippen LogP contribution >= 0.6 is 0 Å². The summed E-state index contributed by atoms with van der Waals surface area (Å²) in [5.74, 6) is 0.416. The molecule has 1 aliphatic heterocycles. The van der Waals surface area contributed by atoms with Crippen molar-refractivity contribution in [2.24, 2.45) is 5.92 Å². The van der Waals surface area contributed by atoms with E-state index in [2.05, 4.69) is 0 Å². The fourth-order valence-electron chi connectivity index (χ4n) is 2.10. The summed E-state index contributed by atoms with van der Waals surface area (Å²) >= 11 is 0. The molecule has 17 heavy (non-hydrogen) atoms. The van der Waals surface area contributed by atoms with Gasteiger partial charge in [-0.05, 0) is 20.3 Å². The Labute approximate surface area is 104 Å². The van der Waals surface area contributed by atoms with Crippen molar-refractivity contribution in [2.75, 3.05) is 26.7 Å². The minimum Gasteiger partial charge on any atom is -0.343 e. The van der Waals surface area contributed by atoms with Crippen LogP contribution in [0.1, 0.15) is 34.1 Å². The first-order valence-electron chi connectivity index (χ1n) is 6.34. The van der Waals surface area contributed by atoms with E-state index in [1.54, 1.807) is 4.90 Å². The van der Waals surface area contributed by atoms with Crippen molar-refractivity contribution in [3.63, 3.8) is 0 Å². The summed E-state index contributed by atoms with van der Waals surface area (Å²) in [6.07, 6.45) is 0.862. The number of hydrogen-bond donors (Lipinski definition) is 0. The lowest BCUT2D eigenvalue weighted by atomic mass is 9.95. The van der Waals surface area contributed by atoms with Gasteiger partial charge in [-0.1, -0.05) is 13.8 Å². The quantitative estimate of drug-likeness (QED) is 0.740. The van der Waals surface area contributed by atoms with E-state index in [9.17, 15) is 9.59 Å². The molecular weight excluding hydrogens is 216 g/mol. The lowest BCUT2D eigenvalue weighted by molar-refractivity contribution is -0.148. The molecule has 1 fully saturated rings. The fraction of sp³-hybridized carbons (Fsp3) is 0.846. The second-order valence-corrected chi connectivity index (χ2v) is 5.48. The van der Waals surface area contributed by atoms with Crippen LogP contribution in [-0.4, -0.2) is 53.7 Å². The van der Waals surface area contributed by atoms with Crippen LogP contribution in [0, 0.1) is 5.92 Å². The van der Waals surface area contributed by atoms with Crippen molar-refractivity contribution in [1.82, 2.24) is 9.80 Å². The van der Waals surface area contributed by atoms with E-state index in [-0.39, 0.29) is 17.6 Å². The zero-order valence-corrected chi connectivity index (χ0v) is 11.6. The molecule has 1 aliphatic rings. The Morgan fingerprint density at radius 2 is 2.00 bits per heavy atom. The predicted octanol–water partition coefficient (Wildman–Crippen LogP) is 1.15. The molecule has 0 aromatic heterocycles. The topological polar surface area (TPSA) is 40.6 Å². The Hall–Kier alpha value is -0.900. The smallest absolute Gasteiger partial charge is 0.242 e. The molecule has 0 saturated carbocycles. The van der Waals surface area contributed by atoms with Crippen molar-refractivity contribution < 1.29 is 9.59 Å². The van der Waals surface area contributed by atoms with E-state index in [0.717, 1.165) is 13.0 Å². The summed E-state index contributed by atoms with van der Waals surface area (Å²) in [4.78, 5) is 27.7. The first-order valence-corrected chi connectivity index (χ1v) is 6.34. The molecule has 0 N–H and O–H groups in total. The van der Waals surface area contributed by atoms with Crippen molar-refractivity contribution in [2.45, 2.75) is 39.7 Å². The Bertz CT molecular complexity index is 313. The third-order valence-electron chi connectivity index (χ3n) is 3.87. The van der Waals surface area contributed by atoms with Gasteiger partial charge in [0.1, 0.15) is 5.78 Å². The number of Topliss-reactive ketones (excluding diaryl/α,β-unsaturated/α-hetero) is 1. The molecule has 1 saturated heterocycles. The highest BCUT2D eigenvalue weighted by atomic mass is 16.2. The zero-order valence-electron chi connectivity index (χ0n) is 11.6. The van der Waals surface area contributed by atoms with Gasteiger partial charge in [-0.15, -0.1) is 0 Å². The number of nitrogens with zero attached hydrogens (tertiary/aromatic N) is 2. The van der Waals surface area contributed by atoms with Gasteiger partial charge in [-0.2, -0.15) is 0 Å². The van der Waals surface area contributed by atoms with Crippen LogP contribution < -0.4 is 0 Å². The summed E-state index contributed by atoms with van der Waals surface area (Å²) in [7, 11) is 1.82. The number of likely N-dealkylation sites (N-methyl/N-ethyl adjacent to an activating group) is 1. The third-order valence-corrected chi connectivity index (χ3v) is 3.87. The maximum atomic E-state index is 12.1. The number of hydrogen-bond acceptors (Lipinski definition) is 3. The number of rotatable bonds is 4. The molecule has 0 aromatic rings. The van der Waals surface area contributed by atoms with E-state index in [1.807, 2.05) is 39.6 Å². The van der Waals surface area contributed by atoms with Crippen LogP contribution in [-0.2, 0) is 9.59 Å². The summed E-state index contributed by atoms with van der Waals surface area (Å²) in [5.41, 5.74) is -0.559. The molecule has 1 unspecified atom stereocenters. The number of piperazine rings is 1. The molecule has 0 radical (unpaired) electrons. The standard InChI is InChI=1S/C13H24N2O2/c1-6-10(2)11(16)9-15-8-7-14(5)12(17)13(15,3)4/h10H,6-9H2,1-5H3. The van der Waals surface area contributed by atoms with Crippen LogP contribution in [0.3, 0.4) is 0 Å². The summed E-state index contributed by atoms with van der Waals surface area (Å²) in [5, 5.41) is 0. The van der Waals surface area contributed by atoms with Gasteiger partial charge < -0.3 is 4.90 Å². The van der Waals surface area contributed by atoms with Crippen LogP contribution in [0.5, 0.6) is 0 Å². The highest BCUT2D eigenvalue weighted by molar-refractivity contribution is 5.88. The summed E-state index contributed by atoms with van der Waals surface area (Å²) in [6.45, 7) is 9.63. The predicted molar refractivity (Wildman–Crippen MR) is 67.8 cm³/mol. The monoisotopic (exact) mass is 240 g/mol. The van der Waals surface area contributed by atoms with Gasteiger partial charge in [0.15, 0.2) is 0 Å². The van der Waals surface area contributed by atoms with Crippen LogP contribution in [0.15, 0.2) is 0 Å². The van der Waals surface area contributed by atoms with Gasteiger partial charge >= 0.3 is 0 Å². The van der Waals surface area contributed by atoms with Crippen LogP contribution in [0.25, 0.3) is 0 Å². The SMILES string of the molecule is CCC(C)C(=O)CN1CCN(C)C(=O)C1(C)C. The molecule has 0 aromatic carbocycles. The lowest BCUT2D eigenvalue weighted by Gasteiger charge is -2.44. The largest absolute Gasteiger partial charge is 0.343 e. The maximum absolute atomic E-state index is 12.1. The van der Waals surface area contributed by atoms with Gasteiger partial charge in [0.25, 0.3) is 0 Å². The fourth-order valence-corrected chi connectivity index (χ4v) is 2.10. The second kappa shape index (κ2) is 5.17. The molecule has 0 aliphatic carbocycles. The van der Waals surface area contributed by atoms with Crippen LogP contribution in [0.2, 0.25) is 0 Å². The molecule has 0 spiro atoms. The average molecular weight is 240 g/mol. The Kier molecular flexibility index (Phi) is 4.31. The molecule has 1 atom stereocenters. The molecule has 1 amide bonds. The van der Waals surface area contributed by atoms with E-state index < -0.39 is 5.54 Å². The minimum atomic E-state index is -0.559. The number of carbonyl (C=O) groups excluding carboxylic acids is 2. The van der Waals surface area contributed by atoms with Gasteiger partial charge in [0.2, 0.25) is 5.91 Å². The van der Waals surface area contributed by atoms with Gasteiger partial charge in [0, 0.05) is 26.1 Å². The first kappa shape index (κ1) is 14.2. The van der Waals surface area contributed by atoms with Crippen molar-refractivity contribution >= 4 is 11.7 Å². The van der Waals surface area contributed by atoms with Gasteiger partial charge in [-0.25, -0.2) is 0 Å². The molecule has 1 rings (SSSR count). The van der Waals surface area contributed by atoms with Crippen molar-refractivity contribution in [3.05, 3.63) is 0 Å². The van der Waals surface area contributed by atoms with Gasteiger partial charge in [-0.3, -0.25) is 14.5 Å². The molecular formula is C13H24N2O2. The molecule has 1 heterocycles. The molecule has 0 bridgehead atoms. The van der Waals surface area contributed by atoms with Crippen molar-refractivity contribution in [3.8, 4) is 0 Å². The Morgan fingerprint density at radius 1 is 1.41 bits per heavy atom. The minimum absolute atomic E-state index is 0.0839. The highest BCUT2D eigenvalue weighted by Gasteiger charge is 2.41. The first-order chi connectivity index (χ1) is 7.80. The molecule has 4 heteroatoms. The average Bonchev–Trinajstić information content (AvgIpc) is 2.29. The van der Waals surface area contributed by atoms with E-state index in [4.69, 9.17) is 0 Å². The summed E-state index contributed by atoms with van der Waals surface area (Å²) in [6, 6.07) is 0. The van der Waals surface area contributed by atoms with E-state index in [0.29, 0.717) is 13.1 Å². The normalized spacial score (nSPS) is 22.6. The molecule has 4 nitrogen and oxygen atoms in total. The number of amides is 1. The van der Waals surface area contributed by atoms with Gasteiger partial charge in [0.05, 0.1) is 12.1 Å². The molecule has 98 valence electrons. The lowest BCUT2D eigenvalue weighted by Crippen LogP contribution is -2.63. The summed E-state index contributed by atoms with van der Waals surface area (Å²) < 4.78 is 0. The van der Waals surface area contributed by atoms with Crippen LogP contribution in [0.4, 0.5) is 0 Å². The van der Waals surface area contributed by atoms with Crippen molar-refractivity contribution in [1.29, 1.82) is 0 Å². The highest BCUT2D eigenvalue weighted by Crippen LogP contribution is 2.22. The zero-order chi connectivity index (χ0) is 13.2. The second-order valence-electron chi connectivity index (χ2n) is 5.48. The number of carbonyl (C=O) groups is 2. The van der Waals surface area contributed by atoms with E-state index in [1.165, 1.54) is 0 Å². The Balaban J connectivity index is 2.72. The maximum Gasteiger partial charge on any atom is 0.242 e. The van der Waals surface area contributed by atoms with E-state index >= 15 is 0 Å². The number of ketones is 1. The Morgan fingerprint density at radius 3 is 2.53 bits per heavy atom.